The van der Waals surface area contributed by atoms with E-state index in [9.17, 15) is 14.9 Å². The van der Waals surface area contributed by atoms with E-state index in [1.165, 1.54) is 6.07 Å². The highest BCUT2D eigenvalue weighted by Gasteiger charge is 2.24. The number of nitro groups is 1. The van der Waals surface area contributed by atoms with Gasteiger partial charge in [-0.15, -0.1) is 0 Å². The van der Waals surface area contributed by atoms with Gasteiger partial charge < -0.3 is 10.6 Å². The SMILES string of the molecule is CCCC(C)(C)NC(=O)c1cc([N+](=O)[O-])cnc1NCC. The summed E-state index contributed by atoms with van der Waals surface area (Å²) in [6, 6.07) is 1.25. The maximum absolute atomic E-state index is 12.4. The number of hydrogen-bond acceptors (Lipinski definition) is 5. The zero-order chi connectivity index (χ0) is 16.0. The van der Waals surface area contributed by atoms with Crippen molar-refractivity contribution in [3.63, 3.8) is 0 Å². The van der Waals surface area contributed by atoms with Crippen LogP contribution in [-0.4, -0.2) is 27.9 Å². The summed E-state index contributed by atoms with van der Waals surface area (Å²) < 4.78 is 0. The van der Waals surface area contributed by atoms with Crippen molar-refractivity contribution in [1.82, 2.24) is 10.3 Å². The van der Waals surface area contributed by atoms with E-state index in [0.29, 0.717) is 12.4 Å². The van der Waals surface area contributed by atoms with E-state index in [2.05, 4.69) is 15.6 Å². The molecule has 0 atom stereocenters. The third kappa shape index (κ3) is 4.70. The van der Waals surface area contributed by atoms with Gasteiger partial charge in [-0.05, 0) is 27.2 Å². The lowest BCUT2D eigenvalue weighted by Gasteiger charge is -2.26. The highest BCUT2D eigenvalue weighted by molar-refractivity contribution is 5.99. The van der Waals surface area contributed by atoms with Gasteiger partial charge >= 0.3 is 0 Å². The minimum atomic E-state index is -0.559. The fraction of sp³-hybridized carbons (Fsp3) is 0.571. The van der Waals surface area contributed by atoms with Crippen LogP contribution in [0.15, 0.2) is 12.3 Å². The van der Waals surface area contributed by atoms with Crippen LogP contribution >= 0.6 is 0 Å². The monoisotopic (exact) mass is 294 g/mol. The van der Waals surface area contributed by atoms with E-state index >= 15 is 0 Å². The van der Waals surface area contributed by atoms with Crippen LogP contribution in [0, 0.1) is 10.1 Å². The van der Waals surface area contributed by atoms with Gasteiger partial charge in [0.15, 0.2) is 0 Å². The van der Waals surface area contributed by atoms with Crippen molar-refractivity contribution in [2.45, 2.75) is 46.1 Å². The molecular formula is C14H22N4O3. The Balaban J connectivity index is 3.10. The second-order valence-corrected chi connectivity index (χ2v) is 5.47. The second-order valence-electron chi connectivity index (χ2n) is 5.47. The first kappa shape index (κ1) is 16.9. The van der Waals surface area contributed by atoms with E-state index in [0.717, 1.165) is 19.0 Å². The third-order valence-electron chi connectivity index (χ3n) is 3.00. The Labute approximate surface area is 124 Å². The molecule has 0 spiro atoms. The number of nitrogens with zero attached hydrogens (tertiary/aromatic N) is 2. The molecule has 1 rings (SSSR count). The van der Waals surface area contributed by atoms with Gasteiger partial charge in [0.2, 0.25) is 0 Å². The molecule has 0 unspecified atom stereocenters. The topological polar surface area (TPSA) is 97.2 Å². The van der Waals surface area contributed by atoms with Crippen LogP contribution in [0.25, 0.3) is 0 Å². The van der Waals surface area contributed by atoms with Gasteiger partial charge in [-0.1, -0.05) is 13.3 Å². The number of carbonyl (C=O) groups is 1. The summed E-state index contributed by atoms with van der Waals surface area (Å²) in [5.74, 6) is -0.00602. The van der Waals surface area contributed by atoms with Crippen LogP contribution in [0.2, 0.25) is 0 Å². The molecule has 0 bridgehead atoms. The van der Waals surface area contributed by atoms with Crippen LogP contribution in [0.1, 0.15) is 50.9 Å². The minimum Gasteiger partial charge on any atom is -0.370 e. The summed E-state index contributed by atoms with van der Waals surface area (Å²) in [5.41, 5.74) is -0.384. The molecule has 0 aliphatic rings. The Morgan fingerprint density at radius 3 is 2.62 bits per heavy atom. The fourth-order valence-corrected chi connectivity index (χ4v) is 2.10. The molecule has 1 heterocycles. The van der Waals surface area contributed by atoms with Gasteiger partial charge in [-0.3, -0.25) is 14.9 Å². The summed E-state index contributed by atoms with van der Waals surface area (Å²) in [7, 11) is 0. The average Bonchev–Trinajstić information content (AvgIpc) is 2.38. The summed E-state index contributed by atoms with van der Waals surface area (Å²) in [6.07, 6.45) is 2.89. The predicted molar refractivity (Wildman–Crippen MR) is 81.5 cm³/mol. The molecule has 21 heavy (non-hydrogen) atoms. The van der Waals surface area contributed by atoms with E-state index in [-0.39, 0.29) is 22.7 Å². The van der Waals surface area contributed by atoms with Gasteiger partial charge in [-0.25, -0.2) is 4.98 Å². The fourth-order valence-electron chi connectivity index (χ4n) is 2.10. The molecule has 0 aliphatic heterocycles. The van der Waals surface area contributed by atoms with Crippen molar-refractivity contribution in [3.05, 3.63) is 27.9 Å². The molecule has 0 aliphatic carbocycles. The summed E-state index contributed by atoms with van der Waals surface area (Å²) >= 11 is 0. The lowest BCUT2D eigenvalue weighted by Crippen LogP contribution is -2.43. The van der Waals surface area contributed by atoms with Crippen LogP contribution in [0.3, 0.4) is 0 Å². The molecule has 0 radical (unpaired) electrons. The van der Waals surface area contributed by atoms with Gasteiger partial charge in [0, 0.05) is 18.2 Å². The summed E-state index contributed by atoms with van der Waals surface area (Å²) in [6.45, 7) is 8.32. The van der Waals surface area contributed by atoms with Crippen molar-refractivity contribution >= 4 is 17.4 Å². The lowest BCUT2D eigenvalue weighted by molar-refractivity contribution is -0.385. The smallest absolute Gasteiger partial charge is 0.288 e. The molecule has 0 saturated heterocycles. The second kappa shape index (κ2) is 7.01. The molecule has 0 saturated carbocycles. The number of pyridine rings is 1. The maximum atomic E-state index is 12.4. The van der Waals surface area contributed by atoms with Crippen molar-refractivity contribution in [1.29, 1.82) is 0 Å². The van der Waals surface area contributed by atoms with Crippen molar-refractivity contribution < 1.29 is 9.72 Å². The number of hydrogen-bond donors (Lipinski definition) is 2. The van der Waals surface area contributed by atoms with Gasteiger partial charge in [0.05, 0.1) is 10.5 Å². The molecule has 0 aromatic carbocycles. The molecule has 7 heteroatoms. The van der Waals surface area contributed by atoms with E-state index < -0.39 is 4.92 Å². The quantitative estimate of drug-likeness (QED) is 0.595. The van der Waals surface area contributed by atoms with Crippen molar-refractivity contribution in [2.75, 3.05) is 11.9 Å². The van der Waals surface area contributed by atoms with Crippen LogP contribution < -0.4 is 10.6 Å². The van der Waals surface area contributed by atoms with Crippen LogP contribution in [-0.2, 0) is 0 Å². The predicted octanol–water partition coefficient (Wildman–Crippen LogP) is 2.73. The first-order valence-corrected chi connectivity index (χ1v) is 7.01. The van der Waals surface area contributed by atoms with E-state index in [1.807, 2.05) is 27.7 Å². The lowest BCUT2D eigenvalue weighted by atomic mass is 9.98. The number of carbonyl (C=O) groups excluding carboxylic acids is 1. The number of rotatable bonds is 7. The molecule has 1 aromatic heterocycles. The first-order valence-electron chi connectivity index (χ1n) is 7.01. The number of aromatic nitrogens is 1. The number of anilines is 1. The summed E-state index contributed by atoms with van der Waals surface area (Å²) in [4.78, 5) is 26.7. The van der Waals surface area contributed by atoms with Crippen LogP contribution in [0.5, 0.6) is 0 Å². The van der Waals surface area contributed by atoms with Crippen LogP contribution in [0.4, 0.5) is 11.5 Å². The zero-order valence-electron chi connectivity index (χ0n) is 12.9. The van der Waals surface area contributed by atoms with Crippen molar-refractivity contribution in [2.24, 2.45) is 0 Å². The van der Waals surface area contributed by atoms with E-state index in [4.69, 9.17) is 0 Å². The molecule has 7 nitrogen and oxygen atoms in total. The highest BCUT2D eigenvalue weighted by Crippen LogP contribution is 2.20. The van der Waals surface area contributed by atoms with Gasteiger partial charge in [0.1, 0.15) is 12.0 Å². The Hall–Kier alpha value is -2.18. The molecule has 1 amide bonds. The Morgan fingerprint density at radius 2 is 2.10 bits per heavy atom. The van der Waals surface area contributed by atoms with Crippen molar-refractivity contribution in [3.8, 4) is 0 Å². The minimum absolute atomic E-state index is 0.190. The third-order valence-corrected chi connectivity index (χ3v) is 3.00. The molecule has 116 valence electrons. The van der Waals surface area contributed by atoms with E-state index in [1.54, 1.807) is 0 Å². The first-order chi connectivity index (χ1) is 9.80. The average molecular weight is 294 g/mol. The zero-order valence-corrected chi connectivity index (χ0v) is 12.9. The Morgan fingerprint density at radius 1 is 1.43 bits per heavy atom. The van der Waals surface area contributed by atoms with Gasteiger partial charge in [0.25, 0.3) is 11.6 Å². The Kier molecular flexibility index (Phi) is 5.63. The summed E-state index contributed by atoms with van der Waals surface area (Å²) in [5, 5.41) is 16.7. The molecule has 1 aromatic rings. The molecule has 0 fully saturated rings. The molecular weight excluding hydrogens is 272 g/mol. The number of nitrogens with one attached hydrogen (secondary N) is 2. The largest absolute Gasteiger partial charge is 0.370 e. The van der Waals surface area contributed by atoms with Gasteiger partial charge in [-0.2, -0.15) is 0 Å². The molecule has 2 N–H and O–H groups in total. The number of amides is 1. The normalized spacial score (nSPS) is 11.0. The standard InChI is InChI=1S/C14H22N4O3/c1-5-7-14(3,4)17-13(19)11-8-10(18(20)21)9-16-12(11)15-6-2/h8-9H,5-7H2,1-4H3,(H,15,16)(H,17,19). The highest BCUT2D eigenvalue weighted by atomic mass is 16.6. The maximum Gasteiger partial charge on any atom is 0.288 e. The Bertz CT molecular complexity index is 529.